The maximum Gasteiger partial charge on any atom is 0.121 e. The van der Waals surface area contributed by atoms with E-state index >= 15 is 0 Å². The van der Waals surface area contributed by atoms with Crippen LogP contribution in [0.5, 0.6) is 11.5 Å². The van der Waals surface area contributed by atoms with Crippen LogP contribution in [0.15, 0.2) is 42.5 Å². The number of methoxy groups -OCH3 is 1. The molecule has 21 heavy (non-hydrogen) atoms. The summed E-state index contributed by atoms with van der Waals surface area (Å²) in [4.78, 5) is 0. The fourth-order valence-corrected chi connectivity index (χ4v) is 2.14. The monoisotopic (exact) mass is 285 g/mol. The molecule has 0 spiro atoms. The van der Waals surface area contributed by atoms with Gasteiger partial charge in [0.2, 0.25) is 0 Å². The first-order chi connectivity index (χ1) is 10.2. The molecule has 3 heteroatoms. The largest absolute Gasteiger partial charge is 0.496 e. The van der Waals surface area contributed by atoms with Crippen molar-refractivity contribution in [3.8, 4) is 11.5 Å². The Bertz CT molecular complexity index is 564. The second kappa shape index (κ2) is 7.58. The smallest absolute Gasteiger partial charge is 0.121 e. The Morgan fingerprint density at radius 1 is 1.05 bits per heavy atom. The predicted octanol–water partition coefficient (Wildman–Crippen LogP) is 4.40. The van der Waals surface area contributed by atoms with E-state index in [0.29, 0.717) is 0 Å². The van der Waals surface area contributed by atoms with Gasteiger partial charge >= 0.3 is 0 Å². The molecule has 0 heterocycles. The van der Waals surface area contributed by atoms with Gasteiger partial charge in [-0.05, 0) is 54.8 Å². The van der Waals surface area contributed by atoms with Crippen LogP contribution >= 0.6 is 0 Å². The summed E-state index contributed by atoms with van der Waals surface area (Å²) >= 11 is 0. The van der Waals surface area contributed by atoms with Crippen LogP contribution in [0, 0.1) is 6.92 Å². The Labute approximate surface area is 126 Å². The fraction of sp³-hybridized carbons (Fsp3) is 0.333. The highest BCUT2D eigenvalue weighted by molar-refractivity contribution is 5.47. The van der Waals surface area contributed by atoms with Gasteiger partial charge in [0, 0.05) is 12.2 Å². The zero-order valence-electron chi connectivity index (χ0n) is 13.0. The average molecular weight is 285 g/mol. The molecule has 2 aromatic carbocycles. The second-order valence-corrected chi connectivity index (χ2v) is 5.03. The lowest BCUT2D eigenvalue weighted by molar-refractivity contribution is 0.317. The van der Waals surface area contributed by atoms with Crippen molar-refractivity contribution in [2.45, 2.75) is 26.8 Å². The lowest BCUT2D eigenvalue weighted by Crippen LogP contribution is -2.00. The SMILES string of the molecule is CCCOc1ccc(NCc2ccc(OC)c(C)c2)cc1. The number of anilines is 1. The summed E-state index contributed by atoms with van der Waals surface area (Å²) in [6.45, 7) is 5.72. The summed E-state index contributed by atoms with van der Waals surface area (Å²) in [5, 5.41) is 3.41. The molecule has 0 saturated carbocycles. The molecule has 0 amide bonds. The van der Waals surface area contributed by atoms with Crippen LogP contribution in [0.1, 0.15) is 24.5 Å². The number of hydrogen-bond donors (Lipinski definition) is 1. The van der Waals surface area contributed by atoms with E-state index in [-0.39, 0.29) is 0 Å². The lowest BCUT2D eigenvalue weighted by Gasteiger charge is -2.10. The topological polar surface area (TPSA) is 30.5 Å². The molecule has 0 aliphatic carbocycles. The van der Waals surface area contributed by atoms with Crippen molar-refractivity contribution in [3.63, 3.8) is 0 Å². The van der Waals surface area contributed by atoms with Gasteiger partial charge in [-0.1, -0.05) is 19.1 Å². The van der Waals surface area contributed by atoms with E-state index in [9.17, 15) is 0 Å². The molecule has 2 aromatic rings. The summed E-state index contributed by atoms with van der Waals surface area (Å²) in [5.41, 5.74) is 3.48. The summed E-state index contributed by atoms with van der Waals surface area (Å²) in [6, 6.07) is 14.3. The van der Waals surface area contributed by atoms with Gasteiger partial charge in [-0.25, -0.2) is 0 Å². The molecule has 0 bridgehead atoms. The molecule has 3 nitrogen and oxygen atoms in total. The normalized spacial score (nSPS) is 10.2. The van der Waals surface area contributed by atoms with Gasteiger partial charge in [0.15, 0.2) is 0 Å². The van der Waals surface area contributed by atoms with Crippen LogP contribution in [0.25, 0.3) is 0 Å². The quantitative estimate of drug-likeness (QED) is 0.817. The van der Waals surface area contributed by atoms with Crippen molar-refractivity contribution in [1.82, 2.24) is 0 Å². The molecule has 0 fully saturated rings. The molecule has 0 atom stereocenters. The third kappa shape index (κ3) is 4.42. The number of nitrogens with one attached hydrogen (secondary N) is 1. The second-order valence-electron chi connectivity index (χ2n) is 5.03. The maximum atomic E-state index is 5.57. The molecular weight excluding hydrogens is 262 g/mol. The fourth-order valence-electron chi connectivity index (χ4n) is 2.14. The van der Waals surface area contributed by atoms with Gasteiger partial charge in [0.05, 0.1) is 13.7 Å². The minimum Gasteiger partial charge on any atom is -0.496 e. The molecule has 0 aliphatic rings. The number of rotatable bonds is 7. The van der Waals surface area contributed by atoms with E-state index in [1.807, 2.05) is 30.3 Å². The zero-order chi connectivity index (χ0) is 15.1. The average Bonchev–Trinajstić information content (AvgIpc) is 2.52. The minimum absolute atomic E-state index is 0.762. The summed E-state index contributed by atoms with van der Waals surface area (Å²) < 4.78 is 10.8. The van der Waals surface area contributed by atoms with Crippen LogP contribution in [0.4, 0.5) is 5.69 Å². The maximum absolute atomic E-state index is 5.57. The van der Waals surface area contributed by atoms with E-state index in [2.05, 4.69) is 31.3 Å². The third-order valence-electron chi connectivity index (χ3n) is 3.28. The summed E-state index contributed by atoms with van der Waals surface area (Å²) in [6.07, 6.45) is 1.02. The van der Waals surface area contributed by atoms with Crippen molar-refractivity contribution < 1.29 is 9.47 Å². The lowest BCUT2D eigenvalue weighted by atomic mass is 10.1. The van der Waals surface area contributed by atoms with Gasteiger partial charge in [0.25, 0.3) is 0 Å². The highest BCUT2D eigenvalue weighted by Crippen LogP contribution is 2.20. The molecule has 0 unspecified atom stereocenters. The highest BCUT2D eigenvalue weighted by atomic mass is 16.5. The summed E-state index contributed by atoms with van der Waals surface area (Å²) in [5.74, 6) is 1.85. The van der Waals surface area contributed by atoms with Gasteiger partial charge < -0.3 is 14.8 Å². The van der Waals surface area contributed by atoms with E-state index in [0.717, 1.165) is 42.3 Å². The van der Waals surface area contributed by atoms with E-state index in [1.54, 1.807) is 7.11 Å². The van der Waals surface area contributed by atoms with Crippen LogP contribution in [0.3, 0.4) is 0 Å². The molecular formula is C18H23NO2. The highest BCUT2D eigenvalue weighted by Gasteiger charge is 2.00. The first kappa shape index (κ1) is 15.2. The number of aryl methyl sites for hydroxylation is 1. The first-order valence-corrected chi connectivity index (χ1v) is 7.33. The van der Waals surface area contributed by atoms with Crippen LogP contribution in [-0.4, -0.2) is 13.7 Å². The Hall–Kier alpha value is -2.16. The van der Waals surface area contributed by atoms with Crippen molar-refractivity contribution in [2.24, 2.45) is 0 Å². The van der Waals surface area contributed by atoms with Gasteiger partial charge in [-0.15, -0.1) is 0 Å². The third-order valence-corrected chi connectivity index (χ3v) is 3.28. The summed E-state index contributed by atoms with van der Waals surface area (Å²) in [7, 11) is 1.70. The Balaban J connectivity index is 1.92. The minimum atomic E-state index is 0.762. The van der Waals surface area contributed by atoms with Crippen molar-refractivity contribution in [3.05, 3.63) is 53.6 Å². The molecule has 0 radical (unpaired) electrons. The Morgan fingerprint density at radius 2 is 1.81 bits per heavy atom. The van der Waals surface area contributed by atoms with Crippen LogP contribution in [0.2, 0.25) is 0 Å². The van der Waals surface area contributed by atoms with Gasteiger partial charge in [-0.2, -0.15) is 0 Å². The Morgan fingerprint density at radius 3 is 2.43 bits per heavy atom. The molecule has 1 N–H and O–H groups in total. The van der Waals surface area contributed by atoms with Crippen molar-refractivity contribution in [1.29, 1.82) is 0 Å². The number of ether oxygens (including phenoxy) is 2. The molecule has 2 rings (SSSR count). The van der Waals surface area contributed by atoms with Gasteiger partial charge in [-0.3, -0.25) is 0 Å². The first-order valence-electron chi connectivity index (χ1n) is 7.33. The number of hydrogen-bond acceptors (Lipinski definition) is 3. The van der Waals surface area contributed by atoms with Crippen molar-refractivity contribution >= 4 is 5.69 Å². The van der Waals surface area contributed by atoms with E-state index < -0.39 is 0 Å². The van der Waals surface area contributed by atoms with Gasteiger partial charge in [0.1, 0.15) is 11.5 Å². The molecule has 0 saturated heterocycles. The van der Waals surface area contributed by atoms with E-state index in [1.165, 1.54) is 5.56 Å². The molecule has 112 valence electrons. The standard InChI is InChI=1S/C18H23NO2/c1-4-11-21-17-8-6-16(7-9-17)19-13-15-5-10-18(20-3)14(2)12-15/h5-10,12,19H,4,11,13H2,1-3H3. The predicted molar refractivity (Wildman–Crippen MR) is 87.3 cm³/mol. The van der Waals surface area contributed by atoms with E-state index in [4.69, 9.17) is 9.47 Å². The molecule has 0 aromatic heterocycles. The molecule has 0 aliphatic heterocycles. The van der Waals surface area contributed by atoms with Crippen LogP contribution in [-0.2, 0) is 6.54 Å². The van der Waals surface area contributed by atoms with Crippen LogP contribution < -0.4 is 14.8 Å². The van der Waals surface area contributed by atoms with Crippen molar-refractivity contribution in [2.75, 3.05) is 19.0 Å². The number of benzene rings is 2. The zero-order valence-corrected chi connectivity index (χ0v) is 13.0. The Kier molecular flexibility index (Phi) is 5.50.